The molecule has 5 heteroatoms. The maximum atomic E-state index is 11.7. The van der Waals surface area contributed by atoms with Crippen molar-refractivity contribution in [1.29, 1.82) is 0 Å². The van der Waals surface area contributed by atoms with E-state index in [0.717, 1.165) is 29.7 Å². The fraction of sp³-hybridized carbons (Fsp3) is 0.276. The van der Waals surface area contributed by atoms with Gasteiger partial charge in [0.15, 0.2) is 0 Å². The molecule has 0 amide bonds. The van der Waals surface area contributed by atoms with Crippen molar-refractivity contribution in [3.05, 3.63) is 83.0 Å². The molecule has 2 heterocycles. The summed E-state index contributed by atoms with van der Waals surface area (Å²) in [6.07, 6.45) is 3.83. The number of fused-ring (bicyclic) bond motifs is 2. The fourth-order valence-electron chi connectivity index (χ4n) is 4.76. The number of rotatable bonds is 5. The lowest BCUT2D eigenvalue weighted by Gasteiger charge is -2.20. The summed E-state index contributed by atoms with van der Waals surface area (Å²) in [7, 11) is 0. The van der Waals surface area contributed by atoms with Crippen LogP contribution >= 0.6 is 0 Å². The molecule has 0 bridgehead atoms. The molecule has 5 rings (SSSR count). The van der Waals surface area contributed by atoms with Gasteiger partial charge < -0.3 is 9.47 Å². The zero-order valence-corrected chi connectivity index (χ0v) is 20.0. The van der Waals surface area contributed by atoms with Crippen molar-refractivity contribution in [3.8, 4) is 22.9 Å². The molecular weight excluding hydrogens is 424 g/mol. The fourth-order valence-corrected chi connectivity index (χ4v) is 4.76. The highest BCUT2D eigenvalue weighted by molar-refractivity contribution is 5.93. The number of aryl methyl sites for hydroxylation is 2. The lowest BCUT2D eigenvalue weighted by Crippen LogP contribution is -2.12. The molecule has 0 saturated carbocycles. The number of hydrogen-bond donors (Lipinski definition) is 0. The van der Waals surface area contributed by atoms with Crippen LogP contribution in [0.2, 0.25) is 0 Å². The van der Waals surface area contributed by atoms with E-state index >= 15 is 0 Å². The van der Waals surface area contributed by atoms with Crippen LogP contribution in [0.15, 0.2) is 60.8 Å². The minimum atomic E-state index is -0.435. The molecule has 2 aromatic heterocycles. The molecule has 1 aliphatic rings. The Morgan fingerprint density at radius 2 is 1.88 bits per heavy atom. The molecule has 0 unspecified atom stereocenters. The normalized spacial score (nSPS) is 14.1. The number of nitrogens with zero attached hydrogens (tertiary/aromatic N) is 2. The second-order valence-corrected chi connectivity index (χ2v) is 9.59. The topological polar surface area (TPSA) is 61.3 Å². The van der Waals surface area contributed by atoms with E-state index in [-0.39, 0.29) is 11.3 Å². The van der Waals surface area contributed by atoms with Gasteiger partial charge in [-0.15, -0.1) is 0 Å². The average molecular weight is 453 g/mol. The van der Waals surface area contributed by atoms with E-state index in [1.54, 1.807) is 6.20 Å². The van der Waals surface area contributed by atoms with Crippen LogP contribution < -0.4 is 9.47 Å². The lowest BCUT2D eigenvalue weighted by molar-refractivity contribution is -0.132. The molecule has 172 valence electrons. The number of carbonyl (C=O) groups excluding carboxylic acids is 1. The van der Waals surface area contributed by atoms with Crippen molar-refractivity contribution in [2.24, 2.45) is 0 Å². The second-order valence-electron chi connectivity index (χ2n) is 9.59. The van der Waals surface area contributed by atoms with E-state index in [4.69, 9.17) is 14.5 Å². The summed E-state index contributed by atoms with van der Waals surface area (Å²) in [5, 5.41) is 0.595. The first-order chi connectivity index (χ1) is 16.3. The molecule has 0 aliphatic heterocycles. The lowest BCUT2D eigenvalue weighted by atomic mass is 9.85. The standard InChI is InChI=1S/C29H28N2O3/c1-18-14-23-21(10-12-29(23,3)4)15-22(18)25-16-26(33-17-20-8-6-5-7-9-20)27-24(31-25)11-13-30-28(27)34-19(2)32/h5-9,11,13-16H,10,12,17H2,1-4H3. The van der Waals surface area contributed by atoms with Crippen LogP contribution in [0.5, 0.6) is 11.6 Å². The summed E-state index contributed by atoms with van der Waals surface area (Å²) < 4.78 is 11.7. The minimum absolute atomic E-state index is 0.198. The third-order valence-electron chi connectivity index (χ3n) is 6.60. The van der Waals surface area contributed by atoms with E-state index in [1.807, 2.05) is 42.5 Å². The molecule has 4 aromatic rings. The van der Waals surface area contributed by atoms with E-state index in [9.17, 15) is 4.79 Å². The van der Waals surface area contributed by atoms with Gasteiger partial charge in [0.25, 0.3) is 0 Å². The second kappa shape index (κ2) is 8.56. The molecule has 0 radical (unpaired) electrons. The van der Waals surface area contributed by atoms with Gasteiger partial charge in [-0.25, -0.2) is 9.97 Å². The number of aromatic nitrogens is 2. The van der Waals surface area contributed by atoms with Crippen LogP contribution in [0.25, 0.3) is 22.2 Å². The predicted molar refractivity (Wildman–Crippen MR) is 133 cm³/mol. The molecule has 0 fully saturated rings. The molecule has 34 heavy (non-hydrogen) atoms. The highest BCUT2D eigenvalue weighted by atomic mass is 16.5. The molecule has 1 aliphatic carbocycles. The van der Waals surface area contributed by atoms with Crippen LogP contribution in [-0.4, -0.2) is 15.9 Å². The summed E-state index contributed by atoms with van der Waals surface area (Å²) in [4.78, 5) is 20.9. The smallest absolute Gasteiger partial charge is 0.309 e. The number of hydrogen-bond acceptors (Lipinski definition) is 5. The molecule has 2 aromatic carbocycles. The number of benzene rings is 2. The summed E-state index contributed by atoms with van der Waals surface area (Å²) >= 11 is 0. The predicted octanol–water partition coefficient (Wildman–Crippen LogP) is 6.33. The van der Waals surface area contributed by atoms with Crippen LogP contribution in [-0.2, 0) is 23.2 Å². The first-order valence-electron chi connectivity index (χ1n) is 11.6. The van der Waals surface area contributed by atoms with Gasteiger partial charge in [-0.05, 0) is 59.6 Å². The van der Waals surface area contributed by atoms with Crippen molar-refractivity contribution >= 4 is 16.9 Å². The van der Waals surface area contributed by atoms with Crippen molar-refractivity contribution in [2.75, 3.05) is 0 Å². The van der Waals surface area contributed by atoms with Crippen LogP contribution in [0.1, 0.15) is 49.4 Å². The van der Waals surface area contributed by atoms with Crippen LogP contribution in [0.4, 0.5) is 0 Å². The largest absolute Gasteiger partial charge is 0.488 e. The third-order valence-corrected chi connectivity index (χ3v) is 6.60. The summed E-state index contributed by atoms with van der Waals surface area (Å²) in [5.74, 6) is 0.364. The number of carbonyl (C=O) groups is 1. The van der Waals surface area contributed by atoms with Gasteiger partial charge in [0.2, 0.25) is 5.88 Å². The molecule has 0 saturated heterocycles. The quantitative estimate of drug-likeness (QED) is 0.331. The highest BCUT2D eigenvalue weighted by Gasteiger charge is 2.30. The molecule has 0 spiro atoms. The Kier molecular flexibility index (Phi) is 5.56. The van der Waals surface area contributed by atoms with Crippen LogP contribution in [0.3, 0.4) is 0 Å². The van der Waals surface area contributed by atoms with Crippen molar-refractivity contribution < 1.29 is 14.3 Å². The number of ether oxygens (including phenoxy) is 2. The van der Waals surface area contributed by atoms with Gasteiger partial charge in [-0.2, -0.15) is 0 Å². The summed E-state index contributed by atoms with van der Waals surface area (Å²) in [6, 6.07) is 18.3. The Bertz CT molecular complexity index is 1390. The molecule has 5 nitrogen and oxygen atoms in total. The first kappa shape index (κ1) is 22.1. The Morgan fingerprint density at radius 3 is 2.65 bits per heavy atom. The maximum Gasteiger partial charge on any atom is 0.309 e. The van der Waals surface area contributed by atoms with Gasteiger partial charge in [-0.1, -0.05) is 50.2 Å². The van der Waals surface area contributed by atoms with Crippen LogP contribution in [0, 0.1) is 6.92 Å². The summed E-state index contributed by atoms with van der Waals surface area (Å²) in [6.45, 7) is 8.50. The van der Waals surface area contributed by atoms with Gasteiger partial charge in [0, 0.05) is 24.8 Å². The van der Waals surface area contributed by atoms with Gasteiger partial charge in [-0.3, -0.25) is 4.79 Å². The molecular formula is C29H28N2O3. The zero-order chi connectivity index (χ0) is 23.9. The highest BCUT2D eigenvalue weighted by Crippen LogP contribution is 2.42. The Hall–Kier alpha value is -3.73. The van der Waals surface area contributed by atoms with Crippen molar-refractivity contribution in [3.63, 3.8) is 0 Å². The maximum absolute atomic E-state index is 11.7. The monoisotopic (exact) mass is 452 g/mol. The van der Waals surface area contributed by atoms with E-state index in [1.165, 1.54) is 23.6 Å². The average Bonchev–Trinajstić information content (AvgIpc) is 3.10. The Morgan fingerprint density at radius 1 is 1.09 bits per heavy atom. The summed E-state index contributed by atoms with van der Waals surface area (Å²) in [5.41, 5.74) is 7.84. The van der Waals surface area contributed by atoms with E-state index < -0.39 is 5.97 Å². The minimum Gasteiger partial charge on any atom is -0.488 e. The van der Waals surface area contributed by atoms with Crippen molar-refractivity contribution in [2.45, 2.75) is 52.6 Å². The zero-order valence-electron chi connectivity index (χ0n) is 20.0. The molecule has 0 atom stereocenters. The molecule has 0 N–H and O–H groups in total. The number of esters is 1. The number of pyridine rings is 2. The Labute approximate surface area is 199 Å². The Balaban J connectivity index is 1.65. The van der Waals surface area contributed by atoms with Crippen molar-refractivity contribution in [1.82, 2.24) is 9.97 Å². The van der Waals surface area contributed by atoms with E-state index in [2.05, 4.69) is 37.9 Å². The van der Waals surface area contributed by atoms with E-state index in [0.29, 0.717) is 23.3 Å². The van der Waals surface area contributed by atoms with Gasteiger partial charge >= 0.3 is 5.97 Å². The first-order valence-corrected chi connectivity index (χ1v) is 11.6. The van der Waals surface area contributed by atoms with Gasteiger partial charge in [0.1, 0.15) is 17.7 Å². The SMILES string of the molecule is CC(=O)Oc1nccc2nc(-c3cc4c(cc3C)C(C)(C)CC4)cc(OCc3ccccc3)c12. The third kappa shape index (κ3) is 4.14. The van der Waals surface area contributed by atoms with Gasteiger partial charge in [0.05, 0.1) is 11.2 Å².